The van der Waals surface area contributed by atoms with Crippen molar-refractivity contribution >= 4 is 11.9 Å². The van der Waals surface area contributed by atoms with Gasteiger partial charge in [0.15, 0.2) is 0 Å². The third kappa shape index (κ3) is 18.3. The largest absolute Gasteiger partial charge is 1.00 e. The number of amides is 1. The second-order valence-electron chi connectivity index (χ2n) is 6.60. The molecular formula is C19H36NNaO3. The molecule has 136 valence electrons. The van der Waals surface area contributed by atoms with Gasteiger partial charge in [0.25, 0.3) is 0 Å². The molecule has 1 atom stereocenters. The summed E-state index contributed by atoms with van der Waals surface area (Å²) in [5.41, 5.74) is 0. The van der Waals surface area contributed by atoms with E-state index >= 15 is 0 Å². The first-order valence-electron chi connectivity index (χ1n) is 9.58. The standard InChI is InChI=1S/C19H37NO3.Na/c1-3-4-5-6-7-8-9-10-11-12-13-14-15-16-18(21)20-17(2)19(22)23;/h17H,3-16H2,1-2H3,(H,20,21)(H,22,23);/q;+1/p-1. The van der Waals surface area contributed by atoms with E-state index in [-0.39, 0.29) is 35.5 Å². The van der Waals surface area contributed by atoms with Crippen molar-refractivity contribution in [2.45, 2.75) is 110 Å². The molecule has 0 radical (unpaired) electrons. The summed E-state index contributed by atoms with van der Waals surface area (Å²) in [6, 6.07) is -0.899. The molecule has 0 aliphatic heterocycles. The van der Waals surface area contributed by atoms with Crippen LogP contribution in [0.5, 0.6) is 0 Å². The molecule has 5 heteroatoms. The molecule has 4 nitrogen and oxygen atoms in total. The second kappa shape index (κ2) is 19.3. The number of nitrogens with one attached hydrogen (secondary N) is 1. The van der Waals surface area contributed by atoms with E-state index in [1.807, 2.05) is 0 Å². The quantitative estimate of drug-likeness (QED) is 0.330. The maximum Gasteiger partial charge on any atom is 1.00 e. The van der Waals surface area contributed by atoms with Crippen LogP contribution in [0.25, 0.3) is 0 Å². The first-order chi connectivity index (χ1) is 11.1. The molecule has 0 aromatic heterocycles. The Morgan fingerprint density at radius 1 is 0.792 bits per heavy atom. The molecule has 0 heterocycles. The average Bonchev–Trinajstić information content (AvgIpc) is 2.51. The molecule has 24 heavy (non-hydrogen) atoms. The van der Waals surface area contributed by atoms with E-state index in [1.54, 1.807) is 0 Å². The number of carboxylic acids is 1. The second-order valence-corrected chi connectivity index (χ2v) is 6.60. The van der Waals surface area contributed by atoms with Crippen LogP contribution in [0.15, 0.2) is 0 Å². The number of carboxylic acid groups (broad SMARTS) is 1. The maximum absolute atomic E-state index is 11.5. The van der Waals surface area contributed by atoms with Gasteiger partial charge in [-0.25, -0.2) is 0 Å². The van der Waals surface area contributed by atoms with E-state index in [9.17, 15) is 14.7 Å². The molecule has 0 saturated heterocycles. The fraction of sp³-hybridized carbons (Fsp3) is 0.895. The Morgan fingerprint density at radius 3 is 1.54 bits per heavy atom. The molecule has 1 amide bonds. The van der Waals surface area contributed by atoms with Gasteiger partial charge in [0, 0.05) is 6.42 Å². The fourth-order valence-corrected chi connectivity index (χ4v) is 2.68. The Kier molecular flexibility index (Phi) is 21.0. The van der Waals surface area contributed by atoms with Crippen LogP contribution in [-0.2, 0) is 9.59 Å². The molecule has 0 spiro atoms. The molecule has 0 bridgehead atoms. The summed E-state index contributed by atoms with van der Waals surface area (Å²) in [6.07, 6.45) is 16.9. The third-order valence-corrected chi connectivity index (χ3v) is 4.24. The third-order valence-electron chi connectivity index (χ3n) is 4.24. The molecule has 1 unspecified atom stereocenters. The SMILES string of the molecule is CCCCCCCCCCCCCCCC(=O)NC(C)C(=O)[O-].[Na+]. The first-order valence-corrected chi connectivity index (χ1v) is 9.58. The van der Waals surface area contributed by atoms with Gasteiger partial charge in [-0.1, -0.05) is 84.0 Å². The van der Waals surface area contributed by atoms with E-state index in [1.165, 1.54) is 77.6 Å². The van der Waals surface area contributed by atoms with Crippen LogP contribution >= 0.6 is 0 Å². The minimum absolute atomic E-state index is 0. The summed E-state index contributed by atoms with van der Waals surface area (Å²) in [7, 11) is 0. The Morgan fingerprint density at radius 2 is 1.17 bits per heavy atom. The number of carbonyl (C=O) groups is 2. The van der Waals surface area contributed by atoms with Crippen LogP contribution in [0, 0.1) is 0 Å². The van der Waals surface area contributed by atoms with Gasteiger partial charge in [-0.3, -0.25) is 4.79 Å². The molecule has 0 aliphatic rings. The Bertz CT molecular complexity index is 311. The van der Waals surface area contributed by atoms with Crippen molar-refractivity contribution in [2.24, 2.45) is 0 Å². The minimum atomic E-state index is -1.23. The molecule has 0 fully saturated rings. The Labute approximate surface area is 170 Å². The van der Waals surface area contributed by atoms with Crippen molar-refractivity contribution in [1.29, 1.82) is 0 Å². The number of hydrogen-bond acceptors (Lipinski definition) is 3. The van der Waals surface area contributed by atoms with Crippen LogP contribution in [0.4, 0.5) is 0 Å². The van der Waals surface area contributed by atoms with Gasteiger partial charge in [-0.15, -0.1) is 0 Å². The monoisotopic (exact) mass is 349 g/mol. The topological polar surface area (TPSA) is 69.2 Å². The van der Waals surface area contributed by atoms with Gasteiger partial charge in [-0.05, 0) is 13.3 Å². The number of aliphatic carboxylic acids is 1. The van der Waals surface area contributed by atoms with Crippen LogP contribution in [-0.4, -0.2) is 17.9 Å². The van der Waals surface area contributed by atoms with Crippen molar-refractivity contribution in [2.75, 3.05) is 0 Å². The molecule has 0 rings (SSSR count). The van der Waals surface area contributed by atoms with Gasteiger partial charge in [-0.2, -0.15) is 0 Å². The van der Waals surface area contributed by atoms with Gasteiger partial charge in [0.2, 0.25) is 5.91 Å². The van der Waals surface area contributed by atoms with E-state index < -0.39 is 12.0 Å². The zero-order valence-electron chi connectivity index (χ0n) is 16.2. The molecular weight excluding hydrogens is 313 g/mol. The summed E-state index contributed by atoms with van der Waals surface area (Å²) < 4.78 is 0. The zero-order valence-corrected chi connectivity index (χ0v) is 18.2. The number of unbranched alkanes of at least 4 members (excludes halogenated alkanes) is 12. The van der Waals surface area contributed by atoms with Gasteiger partial charge in [0.05, 0.1) is 12.0 Å². The van der Waals surface area contributed by atoms with Crippen molar-refractivity contribution < 1.29 is 44.3 Å². The molecule has 0 aliphatic carbocycles. The molecule has 0 saturated carbocycles. The van der Waals surface area contributed by atoms with Crippen molar-refractivity contribution in [3.63, 3.8) is 0 Å². The molecule has 0 aromatic carbocycles. The summed E-state index contributed by atoms with van der Waals surface area (Å²) in [4.78, 5) is 22.0. The van der Waals surface area contributed by atoms with Gasteiger partial charge < -0.3 is 15.2 Å². The van der Waals surface area contributed by atoms with E-state index in [4.69, 9.17) is 0 Å². The van der Waals surface area contributed by atoms with Crippen LogP contribution in [0.2, 0.25) is 0 Å². The zero-order chi connectivity index (χ0) is 17.3. The number of carbonyl (C=O) groups excluding carboxylic acids is 2. The minimum Gasteiger partial charge on any atom is -0.548 e. The maximum atomic E-state index is 11.5. The van der Waals surface area contributed by atoms with E-state index in [2.05, 4.69) is 12.2 Å². The average molecular weight is 349 g/mol. The first kappa shape index (κ1) is 26.2. The molecule has 0 aromatic rings. The summed E-state index contributed by atoms with van der Waals surface area (Å²) >= 11 is 0. The van der Waals surface area contributed by atoms with E-state index in [0.29, 0.717) is 6.42 Å². The predicted molar refractivity (Wildman–Crippen MR) is 92.9 cm³/mol. The van der Waals surface area contributed by atoms with Crippen molar-refractivity contribution in [3.05, 3.63) is 0 Å². The summed E-state index contributed by atoms with van der Waals surface area (Å²) in [5.74, 6) is -1.42. The van der Waals surface area contributed by atoms with Crippen molar-refractivity contribution in [1.82, 2.24) is 5.32 Å². The van der Waals surface area contributed by atoms with E-state index in [0.717, 1.165) is 12.8 Å². The fourth-order valence-electron chi connectivity index (χ4n) is 2.68. The Hall–Kier alpha value is -0.0600. The smallest absolute Gasteiger partial charge is 0.548 e. The van der Waals surface area contributed by atoms with Crippen LogP contribution in [0.1, 0.15) is 104 Å². The Balaban J connectivity index is 0. The number of rotatable bonds is 16. The predicted octanol–water partition coefficient (Wildman–Crippen LogP) is 0.726. The molecule has 1 N–H and O–H groups in total. The van der Waals surface area contributed by atoms with Crippen LogP contribution in [0.3, 0.4) is 0 Å². The van der Waals surface area contributed by atoms with Gasteiger partial charge in [0.1, 0.15) is 0 Å². The van der Waals surface area contributed by atoms with Crippen LogP contribution < -0.4 is 40.0 Å². The van der Waals surface area contributed by atoms with Crippen molar-refractivity contribution in [3.8, 4) is 0 Å². The summed E-state index contributed by atoms with van der Waals surface area (Å²) in [6.45, 7) is 3.68. The normalized spacial score (nSPS) is 11.6. The van der Waals surface area contributed by atoms with Gasteiger partial charge >= 0.3 is 29.6 Å². The number of hydrogen-bond donors (Lipinski definition) is 1. The summed E-state index contributed by atoms with van der Waals surface area (Å²) in [5, 5.41) is 12.9.